The fourth-order valence-electron chi connectivity index (χ4n) is 3.28. The molecule has 0 aromatic carbocycles. The van der Waals surface area contributed by atoms with Gasteiger partial charge < -0.3 is 15.2 Å². The molecule has 2 aliphatic heterocycles. The molecule has 106 valence electrons. The number of aromatic amines is 1. The predicted octanol–water partition coefficient (Wildman–Crippen LogP) is 1.82. The topological polar surface area (TPSA) is 48.1 Å². The van der Waals surface area contributed by atoms with E-state index in [1.54, 1.807) is 0 Å². The highest BCUT2D eigenvalue weighted by atomic mass is 35.5. The number of amides is 1. The second kappa shape index (κ2) is 5.97. The normalized spacial score (nSPS) is 26.5. The van der Waals surface area contributed by atoms with Crippen LogP contribution in [0.4, 0.5) is 0 Å². The van der Waals surface area contributed by atoms with E-state index in [0.29, 0.717) is 0 Å². The monoisotopic (exact) mass is 283 g/mol. The van der Waals surface area contributed by atoms with Gasteiger partial charge in [0.05, 0.1) is 5.56 Å². The molecule has 5 heteroatoms. The SMILES string of the molecule is Cc1[nH]ccc1C(=O)N1CC[C@@H]2CNC[C@@H]2CC1.Cl. The lowest BCUT2D eigenvalue weighted by atomic mass is 9.92. The van der Waals surface area contributed by atoms with Gasteiger partial charge in [-0.15, -0.1) is 12.4 Å². The number of carbonyl (C=O) groups excluding carboxylic acids is 1. The Kier molecular flexibility index (Phi) is 4.53. The number of fused-ring (bicyclic) bond motifs is 1. The summed E-state index contributed by atoms with van der Waals surface area (Å²) in [6.07, 6.45) is 4.14. The standard InChI is InChI=1S/C14H21N3O.ClH/c1-10-13(2-5-16-10)14(18)17-6-3-11-8-15-9-12(11)4-7-17;/h2,5,11-12,15-16H,3-4,6-9H2,1H3;1H/t11-,12+;. The van der Waals surface area contributed by atoms with Crippen molar-refractivity contribution in [1.29, 1.82) is 0 Å². The summed E-state index contributed by atoms with van der Waals surface area (Å²) in [4.78, 5) is 17.6. The first-order valence-corrected chi connectivity index (χ1v) is 6.89. The van der Waals surface area contributed by atoms with E-state index in [0.717, 1.165) is 62.1 Å². The number of H-pyrrole nitrogens is 1. The molecule has 1 aromatic heterocycles. The van der Waals surface area contributed by atoms with E-state index in [9.17, 15) is 4.79 Å². The van der Waals surface area contributed by atoms with Gasteiger partial charge in [-0.2, -0.15) is 0 Å². The Bertz CT molecular complexity index is 432. The summed E-state index contributed by atoms with van der Waals surface area (Å²) in [5.74, 6) is 1.74. The maximum absolute atomic E-state index is 12.4. The van der Waals surface area contributed by atoms with Crippen LogP contribution in [0, 0.1) is 18.8 Å². The summed E-state index contributed by atoms with van der Waals surface area (Å²) >= 11 is 0. The molecule has 1 aromatic rings. The molecule has 4 nitrogen and oxygen atoms in total. The zero-order valence-corrected chi connectivity index (χ0v) is 12.1. The Balaban J connectivity index is 0.00000133. The Morgan fingerprint density at radius 3 is 2.42 bits per heavy atom. The number of nitrogens with zero attached hydrogens (tertiary/aromatic N) is 1. The third-order valence-corrected chi connectivity index (χ3v) is 4.49. The largest absolute Gasteiger partial charge is 0.365 e. The number of aryl methyl sites for hydroxylation is 1. The molecule has 3 heterocycles. The molecule has 2 saturated heterocycles. The Morgan fingerprint density at radius 2 is 1.89 bits per heavy atom. The van der Waals surface area contributed by atoms with Gasteiger partial charge in [-0.1, -0.05) is 0 Å². The van der Waals surface area contributed by atoms with Gasteiger partial charge in [0, 0.05) is 25.0 Å². The predicted molar refractivity (Wildman–Crippen MR) is 77.8 cm³/mol. The van der Waals surface area contributed by atoms with E-state index >= 15 is 0 Å². The molecule has 2 N–H and O–H groups in total. The second-order valence-electron chi connectivity index (χ2n) is 5.56. The van der Waals surface area contributed by atoms with Crippen LogP contribution in [-0.2, 0) is 0 Å². The number of halogens is 1. The van der Waals surface area contributed by atoms with Gasteiger partial charge in [-0.05, 0) is 50.8 Å². The molecule has 0 aliphatic carbocycles. The number of carbonyl (C=O) groups is 1. The van der Waals surface area contributed by atoms with Gasteiger partial charge >= 0.3 is 0 Å². The average Bonchev–Trinajstić information content (AvgIpc) is 2.94. The van der Waals surface area contributed by atoms with Crippen LogP contribution in [0.5, 0.6) is 0 Å². The van der Waals surface area contributed by atoms with E-state index in [1.807, 2.05) is 24.1 Å². The van der Waals surface area contributed by atoms with Crippen LogP contribution >= 0.6 is 12.4 Å². The molecule has 0 radical (unpaired) electrons. The van der Waals surface area contributed by atoms with E-state index in [-0.39, 0.29) is 18.3 Å². The van der Waals surface area contributed by atoms with Gasteiger partial charge in [-0.25, -0.2) is 0 Å². The summed E-state index contributed by atoms with van der Waals surface area (Å²) in [6, 6.07) is 1.89. The molecule has 0 spiro atoms. The lowest BCUT2D eigenvalue weighted by Crippen LogP contribution is -2.32. The van der Waals surface area contributed by atoms with Crippen molar-refractivity contribution < 1.29 is 4.79 Å². The fraction of sp³-hybridized carbons (Fsp3) is 0.643. The summed E-state index contributed by atoms with van der Waals surface area (Å²) in [7, 11) is 0. The maximum Gasteiger partial charge on any atom is 0.255 e. The summed E-state index contributed by atoms with van der Waals surface area (Å²) < 4.78 is 0. The van der Waals surface area contributed by atoms with Crippen LogP contribution in [0.1, 0.15) is 28.9 Å². The molecule has 19 heavy (non-hydrogen) atoms. The Hall–Kier alpha value is -1.00. The second-order valence-corrected chi connectivity index (χ2v) is 5.56. The van der Waals surface area contributed by atoms with E-state index in [1.165, 1.54) is 0 Å². The first-order valence-electron chi connectivity index (χ1n) is 6.89. The fourth-order valence-corrected chi connectivity index (χ4v) is 3.28. The highest BCUT2D eigenvalue weighted by molar-refractivity contribution is 5.95. The molecule has 0 saturated carbocycles. The number of rotatable bonds is 1. The summed E-state index contributed by atoms with van der Waals surface area (Å²) in [6.45, 7) is 6.05. The van der Waals surface area contributed by atoms with Crippen LogP contribution in [-0.4, -0.2) is 42.0 Å². The smallest absolute Gasteiger partial charge is 0.255 e. The number of aromatic nitrogens is 1. The Morgan fingerprint density at radius 1 is 1.26 bits per heavy atom. The van der Waals surface area contributed by atoms with Crippen molar-refractivity contribution in [2.75, 3.05) is 26.2 Å². The van der Waals surface area contributed by atoms with Crippen LogP contribution in [0.2, 0.25) is 0 Å². The minimum atomic E-state index is 0. The lowest BCUT2D eigenvalue weighted by molar-refractivity contribution is 0.0758. The zero-order valence-electron chi connectivity index (χ0n) is 11.3. The van der Waals surface area contributed by atoms with Crippen LogP contribution in [0.25, 0.3) is 0 Å². The maximum atomic E-state index is 12.4. The number of nitrogens with one attached hydrogen (secondary N) is 2. The Labute approximate surface area is 120 Å². The van der Waals surface area contributed by atoms with Crippen LogP contribution in [0.15, 0.2) is 12.3 Å². The van der Waals surface area contributed by atoms with E-state index < -0.39 is 0 Å². The average molecular weight is 284 g/mol. The summed E-state index contributed by atoms with van der Waals surface area (Å²) in [5.41, 5.74) is 1.81. The number of hydrogen-bond donors (Lipinski definition) is 2. The van der Waals surface area contributed by atoms with Gasteiger partial charge in [0.1, 0.15) is 0 Å². The van der Waals surface area contributed by atoms with E-state index in [2.05, 4.69) is 10.3 Å². The zero-order chi connectivity index (χ0) is 12.5. The molecule has 0 bridgehead atoms. The van der Waals surface area contributed by atoms with E-state index in [4.69, 9.17) is 0 Å². The molecule has 1 amide bonds. The minimum absolute atomic E-state index is 0. The van der Waals surface area contributed by atoms with Crippen molar-refractivity contribution >= 4 is 18.3 Å². The molecule has 2 atom stereocenters. The van der Waals surface area contributed by atoms with Crippen molar-refractivity contribution in [1.82, 2.24) is 15.2 Å². The minimum Gasteiger partial charge on any atom is -0.365 e. The molecule has 2 fully saturated rings. The first-order chi connectivity index (χ1) is 8.75. The number of likely N-dealkylation sites (tertiary alicyclic amines) is 1. The van der Waals surface area contributed by atoms with Gasteiger partial charge in [0.15, 0.2) is 0 Å². The third kappa shape index (κ3) is 2.79. The highest BCUT2D eigenvalue weighted by Crippen LogP contribution is 2.27. The van der Waals surface area contributed by atoms with Gasteiger partial charge in [0.25, 0.3) is 5.91 Å². The van der Waals surface area contributed by atoms with Crippen molar-refractivity contribution in [2.24, 2.45) is 11.8 Å². The number of hydrogen-bond acceptors (Lipinski definition) is 2. The molecule has 0 unspecified atom stereocenters. The van der Waals surface area contributed by atoms with Crippen molar-refractivity contribution in [3.05, 3.63) is 23.5 Å². The molecular formula is C14H22ClN3O. The lowest BCUT2D eigenvalue weighted by Gasteiger charge is -2.20. The third-order valence-electron chi connectivity index (χ3n) is 4.49. The van der Waals surface area contributed by atoms with Gasteiger partial charge in [-0.3, -0.25) is 4.79 Å². The van der Waals surface area contributed by atoms with Crippen LogP contribution in [0.3, 0.4) is 0 Å². The van der Waals surface area contributed by atoms with Crippen molar-refractivity contribution in [3.8, 4) is 0 Å². The first kappa shape index (κ1) is 14.4. The quantitative estimate of drug-likeness (QED) is 0.826. The van der Waals surface area contributed by atoms with Crippen LogP contribution < -0.4 is 5.32 Å². The van der Waals surface area contributed by atoms with Crippen molar-refractivity contribution in [2.45, 2.75) is 19.8 Å². The van der Waals surface area contributed by atoms with Crippen molar-refractivity contribution in [3.63, 3.8) is 0 Å². The van der Waals surface area contributed by atoms with Gasteiger partial charge in [0.2, 0.25) is 0 Å². The molecular weight excluding hydrogens is 262 g/mol. The highest BCUT2D eigenvalue weighted by Gasteiger charge is 2.31. The summed E-state index contributed by atoms with van der Waals surface area (Å²) in [5, 5.41) is 3.46. The molecule has 3 rings (SSSR count). The molecule has 2 aliphatic rings.